The molecule has 88 valence electrons. The van der Waals surface area contributed by atoms with E-state index in [1.807, 2.05) is 0 Å². The van der Waals surface area contributed by atoms with E-state index in [0.717, 1.165) is 12.0 Å². The van der Waals surface area contributed by atoms with E-state index in [4.69, 9.17) is 0 Å². The van der Waals surface area contributed by atoms with Crippen LogP contribution in [0.4, 0.5) is 0 Å². The van der Waals surface area contributed by atoms with Gasteiger partial charge >= 0.3 is 0 Å². The van der Waals surface area contributed by atoms with Crippen molar-refractivity contribution in [3.8, 4) is 0 Å². The fourth-order valence-corrected chi connectivity index (χ4v) is 2.06. The molecule has 1 aromatic rings. The van der Waals surface area contributed by atoms with Crippen LogP contribution >= 0.6 is 0 Å². The summed E-state index contributed by atoms with van der Waals surface area (Å²) in [6, 6.07) is 11.7. The molecular formula is C15H23N. The van der Waals surface area contributed by atoms with Gasteiger partial charge in [-0.2, -0.15) is 0 Å². The summed E-state index contributed by atoms with van der Waals surface area (Å²) in [5.41, 5.74) is 1.48. The van der Waals surface area contributed by atoms with Crippen molar-refractivity contribution in [3.05, 3.63) is 35.9 Å². The van der Waals surface area contributed by atoms with E-state index in [9.17, 15) is 0 Å². The molecule has 0 aromatic heterocycles. The van der Waals surface area contributed by atoms with Crippen molar-refractivity contribution < 1.29 is 0 Å². The summed E-state index contributed by atoms with van der Waals surface area (Å²) in [6.45, 7) is 3.57. The van der Waals surface area contributed by atoms with Gasteiger partial charge in [0.15, 0.2) is 0 Å². The Labute approximate surface area is 99.3 Å². The second-order valence-corrected chi connectivity index (χ2v) is 5.17. The Hall–Kier alpha value is -0.820. The minimum absolute atomic E-state index is 0.823. The lowest BCUT2D eigenvalue weighted by Crippen LogP contribution is -2.23. The van der Waals surface area contributed by atoms with Gasteiger partial charge in [-0.15, -0.1) is 0 Å². The van der Waals surface area contributed by atoms with E-state index in [0.29, 0.717) is 0 Å². The fourth-order valence-electron chi connectivity index (χ4n) is 2.06. The molecule has 1 aliphatic rings. The summed E-state index contributed by atoms with van der Waals surface area (Å²) in [5, 5.41) is 3.61. The average molecular weight is 217 g/mol. The Balaban J connectivity index is 1.56. The van der Waals surface area contributed by atoms with Crippen molar-refractivity contribution in [2.45, 2.75) is 45.1 Å². The summed E-state index contributed by atoms with van der Waals surface area (Å²) in [5.74, 6) is 0.823. The van der Waals surface area contributed by atoms with Gasteiger partial charge in [-0.05, 0) is 50.1 Å². The third-order valence-electron chi connectivity index (χ3n) is 3.34. The number of rotatable bonds is 7. The van der Waals surface area contributed by atoms with E-state index in [1.54, 1.807) is 0 Å². The van der Waals surface area contributed by atoms with Gasteiger partial charge in [0.1, 0.15) is 0 Å². The molecule has 0 saturated heterocycles. The van der Waals surface area contributed by atoms with Gasteiger partial charge in [-0.25, -0.2) is 0 Å². The number of aryl methyl sites for hydroxylation is 1. The third-order valence-corrected chi connectivity index (χ3v) is 3.34. The topological polar surface area (TPSA) is 12.0 Å². The Morgan fingerprint density at radius 1 is 1.25 bits per heavy atom. The van der Waals surface area contributed by atoms with Gasteiger partial charge in [-0.1, -0.05) is 37.3 Å². The normalized spacial score (nSPS) is 17.3. The first-order valence-corrected chi connectivity index (χ1v) is 6.62. The van der Waals surface area contributed by atoms with Crippen molar-refractivity contribution in [1.82, 2.24) is 5.32 Å². The molecule has 1 atom stereocenters. The van der Waals surface area contributed by atoms with Crippen LogP contribution in [0.1, 0.15) is 38.2 Å². The van der Waals surface area contributed by atoms with Crippen LogP contribution in [0, 0.1) is 5.92 Å². The van der Waals surface area contributed by atoms with Gasteiger partial charge in [0.2, 0.25) is 0 Å². The zero-order chi connectivity index (χ0) is 11.2. The minimum atomic E-state index is 0.823. The first kappa shape index (κ1) is 11.7. The summed E-state index contributed by atoms with van der Waals surface area (Å²) in [4.78, 5) is 0. The largest absolute Gasteiger partial charge is 0.314 e. The van der Waals surface area contributed by atoms with Gasteiger partial charge in [0.25, 0.3) is 0 Å². The molecule has 0 radical (unpaired) electrons. The van der Waals surface area contributed by atoms with Crippen LogP contribution in [-0.4, -0.2) is 12.6 Å². The molecule has 0 heterocycles. The van der Waals surface area contributed by atoms with E-state index < -0.39 is 0 Å². The van der Waals surface area contributed by atoms with Crippen molar-refractivity contribution in [3.63, 3.8) is 0 Å². The lowest BCUT2D eigenvalue weighted by molar-refractivity contribution is 0.465. The minimum Gasteiger partial charge on any atom is -0.314 e. The maximum Gasteiger partial charge on any atom is 0.00683 e. The van der Waals surface area contributed by atoms with Crippen molar-refractivity contribution >= 4 is 0 Å². The molecule has 1 nitrogen and oxygen atoms in total. The van der Waals surface area contributed by atoms with Gasteiger partial charge in [0.05, 0.1) is 0 Å². The summed E-state index contributed by atoms with van der Waals surface area (Å²) in [7, 11) is 0. The molecule has 1 heteroatoms. The van der Waals surface area contributed by atoms with Crippen molar-refractivity contribution in [2.24, 2.45) is 5.92 Å². The van der Waals surface area contributed by atoms with Crippen molar-refractivity contribution in [2.75, 3.05) is 6.54 Å². The standard InChI is InChI=1S/C15H23N/c1-13(12-16-15-10-11-15)6-5-9-14-7-3-2-4-8-14/h2-4,7-8,13,15-16H,5-6,9-12H2,1H3. The van der Waals surface area contributed by atoms with Crippen LogP contribution in [0.3, 0.4) is 0 Å². The monoisotopic (exact) mass is 217 g/mol. The molecule has 1 aliphatic carbocycles. The molecule has 0 bridgehead atoms. The maximum atomic E-state index is 3.61. The summed E-state index contributed by atoms with van der Waals surface area (Å²) < 4.78 is 0. The van der Waals surface area contributed by atoms with E-state index in [2.05, 4.69) is 42.6 Å². The van der Waals surface area contributed by atoms with Gasteiger partial charge in [-0.3, -0.25) is 0 Å². The number of nitrogens with one attached hydrogen (secondary N) is 1. The predicted octanol–water partition coefficient (Wildman–Crippen LogP) is 3.40. The second-order valence-electron chi connectivity index (χ2n) is 5.17. The zero-order valence-corrected chi connectivity index (χ0v) is 10.3. The lowest BCUT2D eigenvalue weighted by Gasteiger charge is -2.11. The van der Waals surface area contributed by atoms with Gasteiger partial charge in [0, 0.05) is 6.04 Å². The molecule has 2 rings (SSSR count). The van der Waals surface area contributed by atoms with Crippen LogP contribution in [-0.2, 0) is 6.42 Å². The molecule has 1 N–H and O–H groups in total. The Morgan fingerprint density at radius 2 is 2.00 bits per heavy atom. The Kier molecular flexibility index (Phi) is 4.41. The van der Waals surface area contributed by atoms with Crippen molar-refractivity contribution in [1.29, 1.82) is 0 Å². The fraction of sp³-hybridized carbons (Fsp3) is 0.600. The zero-order valence-electron chi connectivity index (χ0n) is 10.3. The van der Waals surface area contributed by atoms with Crippen LogP contribution in [0.15, 0.2) is 30.3 Å². The highest BCUT2D eigenvalue weighted by molar-refractivity contribution is 5.14. The molecule has 1 saturated carbocycles. The highest BCUT2D eigenvalue weighted by Gasteiger charge is 2.20. The molecule has 1 aromatic carbocycles. The van der Waals surface area contributed by atoms with Crippen LogP contribution in [0.2, 0.25) is 0 Å². The van der Waals surface area contributed by atoms with Crippen LogP contribution in [0.25, 0.3) is 0 Å². The number of benzene rings is 1. The maximum absolute atomic E-state index is 3.61. The first-order valence-electron chi connectivity index (χ1n) is 6.62. The summed E-state index contributed by atoms with van der Waals surface area (Å²) in [6.07, 6.45) is 6.69. The average Bonchev–Trinajstić information content (AvgIpc) is 3.12. The lowest BCUT2D eigenvalue weighted by atomic mass is 10.0. The highest BCUT2D eigenvalue weighted by atomic mass is 14.9. The smallest absolute Gasteiger partial charge is 0.00683 e. The number of hydrogen-bond acceptors (Lipinski definition) is 1. The molecule has 1 unspecified atom stereocenters. The molecule has 16 heavy (non-hydrogen) atoms. The van der Waals surface area contributed by atoms with Gasteiger partial charge < -0.3 is 5.32 Å². The summed E-state index contributed by atoms with van der Waals surface area (Å²) >= 11 is 0. The predicted molar refractivity (Wildman–Crippen MR) is 69.6 cm³/mol. The Morgan fingerprint density at radius 3 is 2.69 bits per heavy atom. The third kappa shape index (κ3) is 4.36. The molecule has 0 aliphatic heterocycles. The molecule has 0 amide bonds. The molecule has 0 spiro atoms. The quantitative estimate of drug-likeness (QED) is 0.738. The van der Waals surface area contributed by atoms with E-state index in [-0.39, 0.29) is 0 Å². The van der Waals surface area contributed by atoms with Crippen LogP contribution < -0.4 is 5.32 Å². The molecule has 1 fully saturated rings. The number of hydrogen-bond donors (Lipinski definition) is 1. The van der Waals surface area contributed by atoms with E-state index >= 15 is 0 Å². The Bertz CT molecular complexity index is 290. The van der Waals surface area contributed by atoms with E-state index in [1.165, 1.54) is 44.2 Å². The SMILES string of the molecule is CC(CCCc1ccccc1)CNC1CC1. The van der Waals surface area contributed by atoms with Crippen LogP contribution in [0.5, 0.6) is 0 Å². The first-order chi connectivity index (χ1) is 7.84. The highest BCUT2D eigenvalue weighted by Crippen LogP contribution is 2.19. The second kappa shape index (κ2) is 6.05. The molecular weight excluding hydrogens is 194 g/mol.